The van der Waals surface area contributed by atoms with Crippen LogP contribution in [0.25, 0.3) is 0 Å². The van der Waals surface area contributed by atoms with E-state index in [4.69, 9.17) is 0 Å². The number of rotatable bonds is 6. The van der Waals surface area contributed by atoms with Gasteiger partial charge in [-0.2, -0.15) is 0 Å². The Morgan fingerprint density at radius 3 is 2.33 bits per heavy atom. The maximum absolute atomic E-state index is 12.2. The average molecular weight is 352 g/mol. The minimum absolute atomic E-state index is 0. The standard InChI is InChI=1S/C18H25N3O2.ClH/c1-12(15-9-19-10-15)18(23)20-16-5-3-14(4-6-16)11-21(13(2)22)17-7-8-17;/h3-6,12,15,17,19H,7-11H2,1-2H3,(H,20,23);1H. The highest BCUT2D eigenvalue weighted by Gasteiger charge is 2.31. The Balaban J connectivity index is 0.00000208. The smallest absolute Gasteiger partial charge is 0.227 e. The minimum Gasteiger partial charge on any atom is -0.336 e. The average Bonchev–Trinajstić information content (AvgIpc) is 3.28. The van der Waals surface area contributed by atoms with E-state index in [9.17, 15) is 9.59 Å². The van der Waals surface area contributed by atoms with Crippen LogP contribution in [0.3, 0.4) is 0 Å². The summed E-state index contributed by atoms with van der Waals surface area (Å²) in [5, 5.41) is 6.18. The van der Waals surface area contributed by atoms with Gasteiger partial charge < -0.3 is 15.5 Å². The number of anilines is 1. The van der Waals surface area contributed by atoms with E-state index in [1.54, 1.807) is 6.92 Å². The second-order valence-electron chi connectivity index (χ2n) is 6.77. The molecule has 3 rings (SSSR count). The van der Waals surface area contributed by atoms with Gasteiger partial charge >= 0.3 is 0 Å². The molecule has 1 saturated carbocycles. The third-order valence-corrected chi connectivity index (χ3v) is 4.90. The molecular weight excluding hydrogens is 326 g/mol. The molecule has 1 aromatic carbocycles. The molecule has 0 radical (unpaired) electrons. The molecule has 1 saturated heterocycles. The topological polar surface area (TPSA) is 61.4 Å². The van der Waals surface area contributed by atoms with Crippen LogP contribution in [-0.4, -0.2) is 35.8 Å². The Morgan fingerprint density at radius 1 is 1.25 bits per heavy atom. The largest absolute Gasteiger partial charge is 0.336 e. The van der Waals surface area contributed by atoms with Crippen LogP contribution in [0, 0.1) is 11.8 Å². The highest BCUT2D eigenvalue weighted by molar-refractivity contribution is 5.92. The van der Waals surface area contributed by atoms with Crippen molar-refractivity contribution in [3.05, 3.63) is 29.8 Å². The van der Waals surface area contributed by atoms with Crippen molar-refractivity contribution in [2.45, 2.75) is 39.3 Å². The molecule has 6 heteroatoms. The van der Waals surface area contributed by atoms with Gasteiger partial charge in [-0.05, 0) is 49.5 Å². The van der Waals surface area contributed by atoms with Gasteiger partial charge in [-0.15, -0.1) is 12.4 Å². The van der Waals surface area contributed by atoms with Crippen molar-refractivity contribution in [2.75, 3.05) is 18.4 Å². The van der Waals surface area contributed by atoms with Crippen molar-refractivity contribution in [3.8, 4) is 0 Å². The number of carbonyl (C=O) groups is 2. The predicted octanol–water partition coefficient (Wildman–Crippen LogP) is 2.41. The van der Waals surface area contributed by atoms with Gasteiger partial charge in [0.1, 0.15) is 0 Å². The molecule has 0 bridgehead atoms. The molecule has 2 N–H and O–H groups in total. The summed E-state index contributed by atoms with van der Waals surface area (Å²) >= 11 is 0. The van der Waals surface area contributed by atoms with E-state index < -0.39 is 0 Å². The number of halogens is 1. The molecule has 2 fully saturated rings. The lowest BCUT2D eigenvalue weighted by atomic mass is 9.88. The van der Waals surface area contributed by atoms with E-state index in [1.165, 1.54) is 0 Å². The van der Waals surface area contributed by atoms with Crippen LogP contribution in [-0.2, 0) is 16.1 Å². The van der Waals surface area contributed by atoms with Gasteiger partial charge in [-0.25, -0.2) is 0 Å². The summed E-state index contributed by atoms with van der Waals surface area (Å²) < 4.78 is 0. The number of hydrogen-bond acceptors (Lipinski definition) is 3. The molecule has 0 aromatic heterocycles. The summed E-state index contributed by atoms with van der Waals surface area (Å²) in [6.07, 6.45) is 2.23. The van der Waals surface area contributed by atoms with E-state index in [-0.39, 0.29) is 30.1 Å². The van der Waals surface area contributed by atoms with Crippen LogP contribution in [0.15, 0.2) is 24.3 Å². The Hall–Kier alpha value is -1.59. The zero-order valence-corrected chi connectivity index (χ0v) is 15.1. The van der Waals surface area contributed by atoms with Crippen LogP contribution >= 0.6 is 12.4 Å². The number of carbonyl (C=O) groups excluding carboxylic acids is 2. The third-order valence-electron chi connectivity index (χ3n) is 4.90. The van der Waals surface area contributed by atoms with Crippen LogP contribution in [0.5, 0.6) is 0 Å². The SMILES string of the molecule is CC(=O)N(Cc1ccc(NC(=O)C(C)C2CNC2)cc1)C1CC1.Cl. The summed E-state index contributed by atoms with van der Waals surface area (Å²) in [7, 11) is 0. The van der Waals surface area contributed by atoms with Crippen molar-refractivity contribution in [3.63, 3.8) is 0 Å². The molecule has 132 valence electrons. The zero-order chi connectivity index (χ0) is 16.4. The minimum atomic E-state index is 0. The first-order valence-corrected chi connectivity index (χ1v) is 8.42. The molecule has 5 nitrogen and oxygen atoms in total. The summed E-state index contributed by atoms with van der Waals surface area (Å²) in [6.45, 7) is 6.11. The van der Waals surface area contributed by atoms with Crippen molar-refractivity contribution in [1.29, 1.82) is 0 Å². The first-order valence-electron chi connectivity index (χ1n) is 8.42. The molecule has 1 atom stereocenters. The second-order valence-corrected chi connectivity index (χ2v) is 6.77. The van der Waals surface area contributed by atoms with E-state index in [0.717, 1.165) is 37.2 Å². The fourth-order valence-corrected chi connectivity index (χ4v) is 2.91. The van der Waals surface area contributed by atoms with E-state index in [2.05, 4.69) is 10.6 Å². The van der Waals surface area contributed by atoms with Crippen molar-refractivity contribution < 1.29 is 9.59 Å². The Labute approximate surface area is 149 Å². The van der Waals surface area contributed by atoms with Gasteiger partial charge in [-0.1, -0.05) is 19.1 Å². The molecular formula is C18H26ClN3O2. The molecule has 2 aliphatic rings. The first-order chi connectivity index (χ1) is 11.0. The number of nitrogens with zero attached hydrogens (tertiary/aromatic N) is 1. The van der Waals surface area contributed by atoms with E-state index in [0.29, 0.717) is 18.5 Å². The quantitative estimate of drug-likeness (QED) is 0.827. The van der Waals surface area contributed by atoms with Crippen molar-refractivity contribution in [1.82, 2.24) is 10.2 Å². The highest BCUT2D eigenvalue weighted by Crippen LogP contribution is 2.28. The molecule has 0 spiro atoms. The van der Waals surface area contributed by atoms with Crippen LogP contribution in [0.2, 0.25) is 0 Å². The number of nitrogens with one attached hydrogen (secondary N) is 2. The molecule has 1 heterocycles. The molecule has 1 unspecified atom stereocenters. The number of amides is 2. The van der Waals surface area contributed by atoms with Gasteiger partial charge in [0.2, 0.25) is 11.8 Å². The maximum atomic E-state index is 12.2. The Bertz CT molecular complexity index is 582. The summed E-state index contributed by atoms with van der Waals surface area (Å²) in [6, 6.07) is 8.24. The first kappa shape index (κ1) is 18.7. The summed E-state index contributed by atoms with van der Waals surface area (Å²) in [5.41, 5.74) is 1.92. The normalized spacial score (nSPS) is 18.1. The monoisotopic (exact) mass is 351 g/mol. The molecule has 2 amide bonds. The van der Waals surface area contributed by atoms with Crippen LogP contribution in [0.1, 0.15) is 32.3 Å². The van der Waals surface area contributed by atoms with Gasteiger partial charge in [-0.3, -0.25) is 9.59 Å². The van der Waals surface area contributed by atoms with E-state index in [1.807, 2.05) is 36.1 Å². The van der Waals surface area contributed by atoms with Crippen LogP contribution in [0.4, 0.5) is 5.69 Å². The van der Waals surface area contributed by atoms with E-state index >= 15 is 0 Å². The lowest BCUT2D eigenvalue weighted by molar-refractivity contribution is -0.130. The van der Waals surface area contributed by atoms with Crippen molar-refractivity contribution in [2.24, 2.45) is 11.8 Å². The second kappa shape index (κ2) is 7.99. The van der Waals surface area contributed by atoms with Crippen LogP contribution < -0.4 is 10.6 Å². The Morgan fingerprint density at radius 2 is 1.88 bits per heavy atom. The Kier molecular flexibility index (Phi) is 6.24. The predicted molar refractivity (Wildman–Crippen MR) is 97.1 cm³/mol. The maximum Gasteiger partial charge on any atom is 0.227 e. The molecule has 1 aliphatic heterocycles. The lowest BCUT2D eigenvalue weighted by Gasteiger charge is -2.31. The lowest BCUT2D eigenvalue weighted by Crippen LogP contribution is -2.48. The fraction of sp³-hybridized carbons (Fsp3) is 0.556. The number of benzene rings is 1. The summed E-state index contributed by atoms with van der Waals surface area (Å²) in [5.74, 6) is 0.677. The molecule has 1 aromatic rings. The van der Waals surface area contributed by atoms with Gasteiger partial charge in [0.05, 0.1) is 0 Å². The fourth-order valence-electron chi connectivity index (χ4n) is 2.91. The third kappa shape index (κ3) is 4.48. The van der Waals surface area contributed by atoms with Gasteiger partial charge in [0.25, 0.3) is 0 Å². The highest BCUT2D eigenvalue weighted by atomic mass is 35.5. The van der Waals surface area contributed by atoms with Gasteiger partial charge in [0.15, 0.2) is 0 Å². The summed E-state index contributed by atoms with van der Waals surface area (Å²) in [4.78, 5) is 25.8. The molecule has 1 aliphatic carbocycles. The molecule has 24 heavy (non-hydrogen) atoms. The zero-order valence-electron chi connectivity index (χ0n) is 14.2. The number of hydrogen-bond donors (Lipinski definition) is 2. The van der Waals surface area contributed by atoms with Crippen molar-refractivity contribution >= 4 is 29.9 Å². The van der Waals surface area contributed by atoms with Gasteiger partial charge in [0, 0.05) is 31.1 Å².